The smallest absolute Gasteiger partial charge is 0.166 e. The third-order valence-electron chi connectivity index (χ3n) is 5.12. The number of fused-ring (bicyclic) bond motifs is 2. The van der Waals surface area contributed by atoms with Crippen molar-refractivity contribution in [2.45, 2.75) is 13.2 Å². The second-order valence-electron chi connectivity index (χ2n) is 7.20. The molecule has 3 heterocycles. The highest BCUT2D eigenvalue weighted by molar-refractivity contribution is 5.84. The molecular weight excluding hydrogens is 418 g/mol. The fraction of sp³-hybridized carbons (Fsp3) is 0.136. The number of hydrogen-bond acceptors (Lipinski definition) is 6. The van der Waals surface area contributed by atoms with Gasteiger partial charge in [0.25, 0.3) is 0 Å². The largest absolute Gasteiger partial charge is 0.485 e. The maximum absolute atomic E-state index is 14.0. The number of benzene rings is 2. The van der Waals surface area contributed by atoms with Gasteiger partial charge in [0, 0.05) is 34.8 Å². The highest BCUT2D eigenvalue weighted by Crippen LogP contribution is 2.29. The molecule has 0 aliphatic heterocycles. The topological polar surface area (TPSA) is 104 Å². The van der Waals surface area contributed by atoms with Gasteiger partial charge < -0.3 is 15.6 Å². The Hall–Kier alpha value is -4.05. The van der Waals surface area contributed by atoms with Crippen molar-refractivity contribution in [1.82, 2.24) is 24.5 Å². The van der Waals surface area contributed by atoms with E-state index in [9.17, 15) is 13.9 Å². The van der Waals surface area contributed by atoms with Gasteiger partial charge in [0.2, 0.25) is 0 Å². The van der Waals surface area contributed by atoms with Gasteiger partial charge >= 0.3 is 0 Å². The van der Waals surface area contributed by atoms with E-state index in [1.807, 2.05) is 12.1 Å². The molecule has 0 spiro atoms. The molecule has 5 aromatic rings. The third-order valence-corrected chi connectivity index (χ3v) is 5.12. The van der Waals surface area contributed by atoms with Crippen molar-refractivity contribution in [3.63, 3.8) is 0 Å². The van der Waals surface area contributed by atoms with Crippen molar-refractivity contribution in [1.29, 1.82) is 0 Å². The van der Waals surface area contributed by atoms with Gasteiger partial charge in [0.15, 0.2) is 17.4 Å². The van der Waals surface area contributed by atoms with Crippen LogP contribution in [0.2, 0.25) is 0 Å². The van der Waals surface area contributed by atoms with Gasteiger partial charge in [-0.3, -0.25) is 4.68 Å². The van der Waals surface area contributed by atoms with E-state index in [0.717, 1.165) is 28.2 Å². The van der Waals surface area contributed by atoms with Gasteiger partial charge in [-0.1, -0.05) is 0 Å². The van der Waals surface area contributed by atoms with E-state index >= 15 is 0 Å². The van der Waals surface area contributed by atoms with E-state index in [2.05, 4.69) is 15.2 Å². The zero-order valence-corrected chi connectivity index (χ0v) is 16.7. The number of aliphatic hydroxyl groups excluding tert-OH is 1. The first-order chi connectivity index (χ1) is 15.5. The molecule has 32 heavy (non-hydrogen) atoms. The highest BCUT2D eigenvalue weighted by atomic mass is 19.1. The first-order valence-electron chi connectivity index (χ1n) is 9.81. The van der Waals surface area contributed by atoms with Crippen LogP contribution in [0.1, 0.15) is 5.56 Å². The fourth-order valence-corrected chi connectivity index (χ4v) is 3.65. The Bertz CT molecular complexity index is 1430. The van der Waals surface area contributed by atoms with Crippen LogP contribution in [0, 0.1) is 11.6 Å². The van der Waals surface area contributed by atoms with Gasteiger partial charge in [0.1, 0.15) is 17.9 Å². The number of nitrogen functional groups attached to an aromatic ring is 1. The minimum absolute atomic E-state index is 0.00459. The van der Waals surface area contributed by atoms with E-state index in [-0.39, 0.29) is 35.7 Å². The van der Waals surface area contributed by atoms with Gasteiger partial charge in [-0.15, -0.1) is 0 Å². The quantitative estimate of drug-likeness (QED) is 0.424. The summed E-state index contributed by atoms with van der Waals surface area (Å²) >= 11 is 0. The third kappa shape index (κ3) is 3.50. The number of anilines is 1. The molecule has 0 amide bonds. The normalized spacial score (nSPS) is 11.5. The van der Waals surface area contributed by atoms with Crippen LogP contribution in [-0.2, 0) is 13.2 Å². The second-order valence-corrected chi connectivity index (χ2v) is 7.20. The zero-order chi connectivity index (χ0) is 22.2. The van der Waals surface area contributed by atoms with E-state index in [4.69, 9.17) is 10.5 Å². The van der Waals surface area contributed by atoms with Crippen LogP contribution in [-0.4, -0.2) is 36.3 Å². The molecule has 0 saturated carbocycles. The van der Waals surface area contributed by atoms with E-state index < -0.39 is 11.6 Å². The zero-order valence-electron chi connectivity index (χ0n) is 16.7. The summed E-state index contributed by atoms with van der Waals surface area (Å²) in [5, 5.41) is 19.1. The van der Waals surface area contributed by atoms with E-state index in [1.54, 1.807) is 34.0 Å². The molecule has 0 bridgehead atoms. The number of pyridine rings is 1. The van der Waals surface area contributed by atoms with Crippen LogP contribution in [0.3, 0.4) is 0 Å². The van der Waals surface area contributed by atoms with Gasteiger partial charge in [-0.05, 0) is 30.3 Å². The van der Waals surface area contributed by atoms with Crippen LogP contribution in [0.4, 0.5) is 14.6 Å². The lowest BCUT2D eigenvalue weighted by Crippen LogP contribution is -2.07. The molecular formula is C22H18F2N6O2. The van der Waals surface area contributed by atoms with E-state index in [1.165, 1.54) is 12.1 Å². The Morgan fingerprint density at radius 2 is 1.94 bits per heavy atom. The van der Waals surface area contributed by atoms with Crippen LogP contribution in [0.25, 0.3) is 27.5 Å². The summed E-state index contributed by atoms with van der Waals surface area (Å²) < 4.78 is 37.0. The molecule has 0 unspecified atom stereocenters. The molecule has 3 N–H and O–H groups in total. The number of aliphatic hydroxyl groups is 1. The molecule has 0 fully saturated rings. The molecule has 3 aromatic heterocycles. The number of nitrogens with zero attached hydrogens (tertiary/aromatic N) is 5. The van der Waals surface area contributed by atoms with Crippen molar-refractivity contribution in [2.75, 3.05) is 12.3 Å². The molecule has 0 aliphatic carbocycles. The molecule has 5 rings (SSSR count). The maximum Gasteiger partial charge on any atom is 0.166 e. The number of hydrogen-bond donors (Lipinski definition) is 2. The Balaban J connectivity index is 1.55. The number of aromatic nitrogens is 5. The molecule has 2 aromatic carbocycles. The summed E-state index contributed by atoms with van der Waals surface area (Å²) in [6.45, 7) is 0.393. The number of halogens is 2. The first kappa shape index (κ1) is 19.9. The maximum atomic E-state index is 14.0. The van der Waals surface area contributed by atoms with Crippen LogP contribution in [0.15, 0.2) is 55.0 Å². The van der Waals surface area contributed by atoms with Gasteiger partial charge in [0.05, 0.1) is 30.6 Å². The predicted molar refractivity (Wildman–Crippen MR) is 114 cm³/mol. The Labute approximate surface area is 180 Å². The summed E-state index contributed by atoms with van der Waals surface area (Å²) in [5.74, 6) is -1.30. The minimum atomic E-state index is -0.790. The van der Waals surface area contributed by atoms with Crippen molar-refractivity contribution < 1.29 is 18.6 Å². The molecule has 0 aliphatic rings. The van der Waals surface area contributed by atoms with Crippen LogP contribution in [0.5, 0.6) is 5.75 Å². The van der Waals surface area contributed by atoms with Gasteiger partial charge in [-0.25, -0.2) is 18.4 Å². The lowest BCUT2D eigenvalue weighted by atomic mass is 10.1. The molecule has 0 atom stereocenters. The summed E-state index contributed by atoms with van der Waals surface area (Å²) in [7, 11) is 0. The summed E-state index contributed by atoms with van der Waals surface area (Å²) in [5.41, 5.74) is 8.31. The highest BCUT2D eigenvalue weighted by Gasteiger charge is 2.15. The average Bonchev–Trinajstić information content (AvgIpc) is 3.43. The fourth-order valence-electron chi connectivity index (χ4n) is 3.65. The Kier molecular flexibility index (Phi) is 4.91. The SMILES string of the molecule is Nc1nc2c(F)cc(F)cc2cc1OCc1cc2c(cnn2CCO)cc1-n1cccn1. The van der Waals surface area contributed by atoms with Crippen LogP contribution >= 0.6 is 0 Å². The number of nitrogens with two attached hydrogens (primary N) is 1. The Morgan fingerprint density at radius 3 is 2.72 bits per heavy atom. The van der Waals surface area contributed by atoms with Crippen LogP contribution < -0.4 is 10.5 Å². The lowest BCUT2D eigenvalue weighted by Gasteiger charge is -2.14. The molecule has 0 radical (unpaired) electrons. The predicted octanol–water partition coefficient (Wildman–Crippen LogP) is 3.20. The lowest BCUT2D eigenvalue weighted by molar-refractivity contribution is 0.271. The molecule has 10 heteroatoms. The summed E-state index contributed by atoms with van der Waals surface area (Å²) in [6.07, 6.45) is 5.19. The minimum Gasteiger partial charge on any atom is -0.485 e. The number of rotatable bonds is 6. The molecule has 162 valence electrons. The average molecular weight is 436 g/mol. The van der Waals surface area contributed by atoms with Crippen molar-refractivity contribution >= 4 is 27.6 Å². The van der Waals surface area contributed by atoms with E-state index in [0.29, 0.717) is 6.54 Å². The molecule has 8 nitrogen and oxygen atoms in total. The molecule has 0 saturated heterocycles. The van der Waals surface area contributed by atoms with Crippen molar-refractivity contribution in [3.05, 3.63) is 72.2 Å². The Morgan fingerprint density at radius 1 is 1.06 bits per heavy atom. The monoisotopic (exact) mass is 436 g/mol. The summed E-state index contributed by atoms with van der Waals surface area (Å²) in [4.78, 5) is 4.03. The van der Waals surface area contributed by atoms with Crippen molar-refractivity contribution in [3.8, 4) is 11.4 Å². The van der Waals surface area contributed by atoms with Gasteiger partial charge in [-0.2, -0.15) is 10.2 Å². The second kappa shape index (κ2) is 7.89. The number of ether oxygens (including phenoxy) is 1. The standard InChI is InChI=1S/C22H18F2N6O2/c23-16-6-13-9-20(22(25)28-21(13)17(24)10-16)32-12-15-8-18-14(11-27-30(18)4-5-31)7-19(15)29-3-1-2-26-29/h1-3,6-11,31H,4-5,12H2,(H2,25,28). The van der Waals surface area contributed by atoms with Crippen molar-refractivity contribution in [2.24, 2.45) is 0 Å². The first-order valence-corrected chi connectivity index (χ1v) is 9.81. The summed E-state index contributed by atoms with van der Waals surface area (Å²) in [6, 6.07) is 9.03.